The van der Waals surface area contributed by atoms with Gasteiger partial charge in [-0.2, -0.15) is 0 Å². The van der Waals surface area contributed by atoms with E-state index in [2.05, 4.69) is 31.1 Å². The molecule has 5 heteroatoms. The summed E-state index contributed by atoms with van der Waals surface area (Å²) in [4.78, 5) is 17.1. The van der Waals surface area contributed by atoms with E-state index in [1.165, 1.54) is 11.3 Å². The normalized spacial score (nSPS) is 17.6. The Bertz CT molecular complexity index is 444. The number of hydrogen-bond acceptors (Lipinski definition) is 4. The Kier molecular flexibility index (Phi) is 3.47. The van der Waals surface area contributed by atoms with Gasteiger partial charge in [0.1, 0.15) is 4.88 Å². The zero-order chi connectivity index (χ0) is 13.4. The van der Waals surface area contributed by atoms with Crippen LogP contribution in [0.5, 0.6) is 0 Å². The summed E-state index contributed by atoms with van der Waals surface area (Å²) in [6.45, 7) is 6.38. The summed E-state index contributed by atoms with van der Waals surface area (Å²) in [6, 6.07) is 0. The number of aromatic nitrogens is 1. The second-order valence-corrected chi connectivity index (χ2v) is 7.02. The van der Waals surface area contributed by atoms with Crippen molar-refractivity contribution in [2.45, 2.75) is 51.0 Å². The van der Waals surface area contributed by atoms with Crippen LogP contribution in [0.25, 0.3) is 0 Å². The molecule has 0 aromatic carbocycles. The molecule has 1 aromatic rings. The van der Waals surface area contributed by atoms with Gasteiger partial charge in [0.2, 0.25) is 0 Å². The van der Waals surface area contributed by atoms with Gasteiger partial charge in [-0.3, -0.25) is 4.79 Å². The predicted octanol–water partition coefficient (Wildman–Crippen LogP) is 2.09. The molecule has 1 aliphatic rings. The molecule has 2 rings (SSSR count). The first kappa shape index (κ1) is 13.5. The Morgan fingerprint density at radius 1 is 1.56 bits per heavy atom. The summed E-state index contributed by atoms with van der Waals surface area (Å²) in [5.41, 5.74) is -0.177. The average molecular weight is 268 g/mol. The third kappa shape index (κ3) is 2.90. The van der Waals surface area contributed by atoms with E-state index in [0.717, 1.165) is 17.8 Å². The number of nitrogens with zero attached hydrogens (tertiary/aromatic N) is 1. The molecule has 0 spiro atoms. The van der Waals surface area contributed by atoms with E-state index >= 15 is 0 Å². The molecule has 100 valence electrons. The van der Waals surface area contributed by atoms with Crippen molar-refractivity contribution in [1.29, 1.82) is 0 Å². The van der Waals surface area contributed by atoms with Crippen LogP contribution >= 0.6 is 11.3 Å². The molecule has 1 saturated carbocycles. The number of carbonyl (C=O) groups excluding carboxylic acids is 1. The highest BCUT2D eigenvalue weighted by Crippen LogP contribution is 2.39. The topological polar surface area (TPSA) is 62.2 Å². The fraction of sp³-hybridized carbons (Fsp3) is 0.692. The molecule has 1 amide bonds. The van der Waals surface area contributed by atoms with E-state index in [1.807, 2.05) is 0 Å². The SMILES string of the molecule is CC(C)(C)c1ncc(C(=O)NC2(CCO)CC2)s1. The molecular formula is C13H20N2O2S. The Morgan fingerprint density at radius 3 is 2.67 bits per heavy atom. The lowest BCUT2D eigenvalue weighted by Crippen LogP contribution is -2.37. The summed E-state index contributed by atoms with van der Waals surface area (Å²) in [6.07, 6.45) is 4.22. The van der Waals surface area contributed by atoms with Gasteiger partial charge < -0.3 is 10.4 Å². The first-order chi connectivity index (χ1) is 8.36. The van der Waals surface area contributed by atoms with Gasteiger partial charge in [0.25, 0.3) is 5.91 Å². The maximum Gasteiger partial charge on any atom is 0.263 e. The Morgan fingerprint density at radius 2 is 2.22 bits per heavy atom. The van der Waals surface area contributed by atoms with Crippen LogP contribution < -0.4 is 5.32 Å². The van der Waals surface area contributed by atoms with Gasteiger partial charge in [0.15, 0.2) is 0 Å². The van der Waals surface area contributed by atoms with Crippen LogP contribution in [-0.4, -0.2) is 28.1 Å². The fourth-order valence-corrected chi connectivity index (χ4v) is 2.70. The largest absolute Gasteiger partial charge is 0.396 e. The minimum atomic E-state index is -0.155. The maximum absolute atomic E-state index is 12.1. The van der Waals surface area contributed by atoms with Crippen molar-refractivity contribution in [3.8, 4) is 0 Å². The molecular weight excluding hydrogens is 248 g/mol. The molecule has 1 aromatic heterocycles. The molecule has 1 aliphatic carbocycles. The van der Waals surface area contributed by atoms with E-state index in [1.54, 1.807) is 6.20 Å². The molecule has 0 saturated heterocycles. The van der Waals surface area contributed by atoms with E-state index in [4.69, 9.17) is 5.11 Å². The van der Waals surface area contributed by atoms with E-state index in [0.29, 0.717) is 11.3 Å². The van der Waals surface area contributed by atoms with Crippen molar-refractivity contribution >= 4 is 17.2 Å². The van der Waals surface area contributed by atoms with Gasteiger partial charge in [-0.1, -0.05) is 20.8 Å². The number of nitrogens with one attached hydrogen (secondary N) is 1. The lowest BCUT2D eigenvalue weighted by Gasteiger charge is -2.15. The van der Waals surface area contributed by atoms with Crippen molar-refractivity contribution in [3.05, 3.63) is 16.1 Å². The minimum absolute atomic E-state index is 0.0223. The molecule has 1 fully saturated rings. The lowest BCUT2D eigenvalue weighted by atomic mass is 9.98. The predicted molar refractivity (Wildman–Crippen MR) is 71.9 cm³/mol. The number of aliphatic hydroxyl groups is 1. The molecule has 0 aliphatic heterocycles. The number of rotatable bonds is 4. The number of aliphatic hydroxyl groups excluding tert-OH is 1. The third-order valence-corrected chi connectivity index (χ3v) is 4.62. The second kappa shape index (κ2) is 4.63. The first-order valence-electron chi connectivity index (χ1n) is 6.26. The molecule has 4 nitrogen and oxygen atoms in total. The van der Waals surface area contributed by atoms with Gasteiger partial charge in [0, 0.05) is 17.6 Å². The third-order valence-electron chi connectivity index (χ3n) is 3.19. The monoisotopic (exact) mass is 268 g/mol. The average Bonchev–Trinajstić information content (AvgIpc) is 2.81. The Balaban J connectivity index is 2.04. The maximum atomic E-state index is 12.1. The first-order valence-corrected chi connectivity index (χ1v) is 7.08. The van der Waals surface area contributed by atoms with Gasteiger partial charge >= 0.3 is 0 Å². The molecule has 1 heterocycles. The molecule has 0 unspecified atom stereocenters. The zero-order valence-electron chi connectivity index (χ0n) is 11.1. The van der Waals surface area contributed by atoms with Gasteiger partial charge in [-0.25, -0.2) is 4.98 Å². The zero-order valence-corrected chi connectivity index (χ0v) is 11.9. The van der Waals surface area contributed by atoms with E-state index < -0.39 is 0 Å². The summed E-state index contributed by atoms with van der Waals surface area (Å²) in [7, 11) is 0. The number of amides is 1. The van der Waals surface area contributed by atoms with Crippen molar-refractivity contribution in [3.63, 3.8) is 0 Å². The molecule has 0 atom stereocenters. The highest BCUT2D eigenvalue weighted by molar-refractivity contribution is 7.13. The summed E-state index contributed by atoms with van der Waals surface area (Å²) < 4.78 is 0. The summed E-state index contributed by atoms with van der Waals surface area (Å²) in [5.74, 6) is -0.0612. The van der Waals surface area contributed by atoms with Crippen LogP contribution in [0.1, 0.15) is 54.7 Å². The second-order valence-electron chi connectivity index (χ2n) is 5.99. The van der Waals surface area contributed by atoms with Gasteiger partial charge in [-0.15, -0.1) is 11.3 Å². The van der Waals surface area contributed by atoms with Gasteiger partial charge in [-0.05, 0) is 19.3 Å². The van der Waals surface area contributed by atoms with Crippen LogP contribution in [0.2, 0.25) is 0 Å². The smallest absolute Gasteiger partial charge is 0.263 e. The number of carbonyl (C=O) groups is 1. The number of thiazole rings is 1. The van der Waals surface area contributed by atoms with Gasteiger partial charge in [0.05, 0.1) is 11.2 Å². The van der Waals surface area contributed by atoms with Crippen LogP contribution in [0.3, 0.4) is 0 Å². The van der Waals surface area contributed by atoms with Crippen LogP contribution in [0, 0.1) is 0 Å². The molecule has 0 bridgehead atoms. The minimum Gasteiger partial charge on any atom is -0.396 e. The van der Waals surface area contributed by atoms with Crippen LogP contribution in [0.15, 0.2) is 6.20 Å². The number of hydrogen-bond donors (Lipinski definition) is 2. The van der Waals surface area contributed by atoms with Crippen molar-refractivity contribution in [2.24, 2.45) is 0 Å². The molecule has 2 N–H and O–H groups in total. The Hall–Kier alpha value is -0.940. The standard InChI is InChI=1S/C13H20N2O2S/c1-12(2,3)11-14-8-9(18-11)10(17)15-13(4-5-13)6-7-16/h8,16H,4-7H2,1-3H3,(H,15,17). The van der Waals surface area contributed by atoms with E-state index in [9.17, 15) is 4.79 Å². The highest BCUT2D eigenvalue weighted by Gasteiger charge is 2.43. The lowest BCUT2D eigenvalue weighted by molar-refractivity contribution is 0.0927. The van der Waals surface area contributed by atoms with Crippen LogP contribution in [0.4, 0.5) is 0 Å². The van der Waals surface area contributed by atoms with Crippen molar-refractivity contribution in [2.75, 3.05) is 6.61 Å². The molecule has 18 heavy (non-hydrogen) atoms. The summed E-state index contributed by atoms with van der Waals surface area (Å²) >= 11 is 1.45. The quantitative estimate of drug-likeness (QED) is 0.879. The van der Waals surface area contributed by atoms with E-state index in [-0.39, 0.29) is 23.5 Å². The van der Waals surface area contributed by atoms with Crippen LogP contribution in [-0.2, 0) is 5.41 Å². The summed E-state index contributed by atoms with van der Waals surface area (Å²) in [5, 5.41) is 13.0. The molecule has 0 radical (unpaired) electrons. The fourth-order valence-electron chi connectivity index (χ4n) is 1.83. The Labute approximate surface area is 111 Å². The van der Waals surface area contributed by atoms with Crippen molar-refractivity contribution in [1.82, 2.24) is 10.3 Å². The van der Waals surface area contributed by atoms with Crippen molar-refractivity contribution < 1.29 is 9.90 Å². The highest BCUT2D eigenvalue weighted by atomic mass is 32.1.